The van der Waals surface area contributed by atoms with Gasteiger partial charge in [0.15, 0.2) is 0 Å². The van der Waals surface area contributed by atoms with Crippen LogP contribution in [-0.2, 0) is 42.1 Å². The predicted octanol–water partition coefficient (Wildman–Crippen LogP) is 2.27. The number of urea groups is 1. The maximum atomic E-state index is 11.8. The number of benzene rings is 1. The summed E-state index contributed by atoms with van der Waals surface area (Å²) >= 11 is 0. The molecule has 0 saturated carbocycles. The van der Waals surface area contributed by atoms with Crippen molar-refractivity contribution in [3.63, 3.8) is 0 Å². The summed E-state index contributed by atoms with van der Waals surface area (Å²) in [6.45, 7) is 9.07. The molecule has 0 fully saturated rings. The summed E-state index contributed by atoms with van der Waals surface area (Å²) in [6.07, 6.45) is 0. The van der Waals surface area contributed by atoms with Crippen LogP contribution in [0.5, 0.6) is 0 Å². The van der Waals surface area contributed by atoms with E-state index >= 15 is 0 Å². The van der Waals surface area contributed by atoms with Gasteiger partial charge in [-0.25, -0.2) is 4.79 Å². The van der Waals surface area contributed by atoms with Gasteiger partial charge in [0.25, 0.3) is 0 Å². The number of anilines is 2. The summed E-state index contributed by atoms with van der Waals surface area (Å²) in [5.74, 6) is 0. The quantitative estimate of drug-likeness (QED) is 0.487. The summed E-state index contributed by atoms with van der Waals surface area (Å²) in [7, 11) is 5.23. The number of hydrogen-bond donors (Lipinski definition) is 0. The Morgan fingerprint density at radius 2 is 1.35 bits per heavy atom. The van der Waals surface area contributed by atoms with E-state index in [4.69, 9.17) is 0 Å². The van der Waals surface area contributed by atoms with Gasteiger partial charge in [-0.3, -0.25) is 4.90 Å². The normalized spacial score (nSPS) is 9.05. The topological polar surface area (TPSA) is 26.8 Å². The van der Waals surface area contributed by atoms with Crippen molar-refractivity contribution < 1.29 is 46.9 Å². The molecule has 0 spiro atoms. The van der Waals surface area contributed by atoms with Crippen LogP contribution in [0.15, 0.2) is 24.3 Å². The van der Waals surface area contributed by atoms with Gasteiger partial charge in [0.05, 0.1) is 0 Å². The van der Waals surface area contributed by atoms with Gasteiger partial charge in [-0.1, -0.05) is 0 Å². The molecule has 0 aromatic heterocycles. The number of hydrogen-bond acceptors (Lipinski definition) is 2. The second-order valence-electron chi connectivity index (χ2n) is 4.24. The van der Waals surface area contributed by atoms with Gasteiger partial charge in [-0.05, 0) is 24.3 Å². The summed E-state index contributed by atoms with van der Waals surface area (Å²) in [5.41, 5.74) is 1.93. The van der Waals surface area contributed by atoms with Crippen LogP contribution in [-0.4, -0.2) is 45.2 Å². The second kappa shape index (κ2) is 10.4. The summed E-state index contributed by atoms with van der Waals surface area (Å²) in [6, 6.07) is 7.76. The number of amides is 2. The van der Waals surface area contributed by atoms with Crippen LogP contribution in [0.25, 0.3) is 0 Å². The third-order valence-electron chi connectivity index (χ3n) is 2.81. The molecule has 0 aliphatic rings. The molecule has 0 radical (unpaired) electrons. The minimum Gasteiger partial charge on any atom is -0.432 e. The fourth-order valence-corrected chi connectivity index (χ4v) is 1.67. The Hall–Kier alpha value is -0.333. The van der Waals surface area contributed by atoms with E-state index in [0.29, 0.717) is 13.1 Å². The largest absolute Gasteiger partial charge is 0.432 e. The number of carbonyl (C=O) groups is 1. The Kier molecular flexibility index (Phi) is 11.4. The molecule has 1 aromatic rings. The molecule has 0 aliphatic heterocycles. The van der Waals surface area contributed by atoms with Crippen LogP contribution in [0.4, 0.5) is 16.2 Å². The molecule has 2 amide bonds. The molecule has 112 valence electrons. The van der Waals surface area contributed by atoms with Crippen molar-refractivity contribution >= 4 is 17.4 Å². The zero-order valence-electron chi connectivity index (χ0n) is 12.2. The number of carbonyl (C=O) groups excluding carboxylic acids is 1. The first kappa shape index (κ1) is 22.0. The smallest absolute Gasteiger partial charge is 0.323 e. The molecule has 6 heteroatoms. The first-order valence-corrected chi connectivity index (χ1v) is 5.89. The fourth-order valence-electron chi connectivity index (χ4n) is 1.67. The SMILES string of the molecule is [CH2-]CN(C[CH2-])c1ccc(N(C)C(=O)N(C)C)cc1.[W].[W]. The van der Waals surface area contributed by atoms with Crippen molar-refractivity contribution in [1.29, 1.82) is 0 Å². The average molecular weight is 615 g/mol. The molecule has 1 rings (SSSR count). The number of nitrogens with zero attached hydrogens (tertiary/aromatic N) is 3. The van der Waals surface area contributed by atoms with E-state index in [-0.39, 0.29) is 48.2 Å². The van der Waals surface area contributed by atoms with Gasteiger partial charge >= 0.3 is 6.03 Å². The van der Waals surface area contributed by atoms with E-state index in [9.17, 15) is 4.79 Å². The van der Waals surface area contributed by atoms with Crippen LogP contribution in [0.3, 0.4) is 0 Å². The Balaban J connectivity index is 0. The molecule has 0 saturated heterocycles. The van der Waals surface area contributed by atoms with Crippen LogP contribution < -0.4 is 9.80 Å². The monoisotopic (exact) mass is 615 g/mol. The molecule has 0 heterocycles. The summed E-state index contributed by atoms with van der Waals surface area (Å²) in [5, 5.41) is 0. The minimum absolute atomic E-state index is 0. The van der Waals surface area contributed by atoms with E-state index in [1.165, 1.54) is 0 Å². The van der Waals surface area contributed by atoms with Gasteiger partial charge in [0.1, 0.15) is 0 Å². The van der Waals surface area contributed by atoms with Gasteiger partial charge in [-0.15, -0.1) is 13.1 Å². The second-order valence-corrected chi connectivity index (χ2v) is 4.24. The number of rotatable bonds is 4. The van der Waals surface area contributed by atoms with E-state index < -0.39 is 0 Å². The Bertz CT molecular complexity index is 392. The molecular weight excluding hydrogens is 594 g/mol. The molecule has 1 aromatic carbocycles. The molecular formula is C14H21N3OW2-2. The molecule has 0 bridgehead atoms. The fraction of sp³-hybridized carbons (Fsp3) is 0.357. The van der Waals surface area contributed by atoms with Crippen molar-refractivity contribution in [2.75, 3.05) is 44.0 Å². The van der Waals surface area contributed by atoms with Crippen LogP contribution >= 0.6 is 0 Å². The molecule has 20 heavy (non-hydrogen) atoms. The first-order valence-electron chi connectivity index (χ1n) is 5.89. The van der Waals surface area contributed by atoms with Gasteiger partial charge in [0.2, 0.25) is 0 Å². The predicted molar refractivity (Wildman–Crippen MR) is 76.9 cm³/mol. The van der Waals surface area contributed by atoms with E-state index in [1.54, 1.807) is 30.9 Å². The van der Waals surface area contributed by atoms with Crippen LogP contribution in [0.1, 0.15) is 0 Å². The maximum absolute atomic E-state index is 11.8. The molecule has 0 atom stereocenters. The van der Waals surface area contributed by atoms with Crippen molar-refractivity contribution in [2.24, 2.45) is 0 Å². The Labute approximate surface area is 151 Å². The zero-order chi connectivity index (χ0) is 13.7. The maximum Gasteiger partial charge on any atom is 0.323 e. The van der Waals surface area contributed by atoms with E-state index in [2.05, 4.69) is 18.7 Å². The van der Waals surface area contributed by atoms with Crippen LogP contribution in [0.2, 0.25) is 0 Å². The molecule has 0 aliphatic carbocycles. The van der Waals surface area contributed by atoms with Crippen LogP contribution in [0, 0.1) is 13.8 Å². The minimum atomic E-state index is -0.0473. The van der Waals surface area contributed by atoms with Gasteiger partial charge in [-0.2, -0.15) is 0 Å². The van der Waals surface area contributed by atoms with Crippen molar-refractivity contribution in [3.05, 3.63) is 38.1 Å². The average Bonchev–Trinajstić information content (AvgIpc) is 2.39. The molecule has 4 nitrogen and oxygen atoms in total. The Morgan fingerprint density at radius 3 is 1.70 bits per heavy atom. The van der Waals surface area contributed by atoms with Crippen molar-refractivity contribution in [1.82, 2.24) is 4.90 Å². The van der Waals surface area contributed by atoms with Gasteiger partial charge in [0, 0.05) is 74.6 Å². The Morgan fingerprint density at radius 1 is 0.950 bits per heavy atom. The van der Waals surface area contributed by atoms with Crippen molar-refractivity contribution in [2.45, 2.75) is 0 Å². The van der Waals surface area contributed by atoms with Gasteiger partial charge < -0.3 is 23.6 Å². The summed E-state index contributed by atoms with van der Waals surface area (Å²) in [4.78, 5) is 17.0. The van der Waals surface area contributed by atoms with E-state index in [0.717, 1.165) is 11.4 Å². The molecule has 0 N–H and O–H groups in total. The third-order valence-corrected chi connectivity index (χ3v) is 2.81. The molecule has 0 unspecified atom stereocenters. The summed E-state index contributed by atoms with van der Waals surface area (Å²) < 4.78 is 0. The van der Waals surface area contributed by atoms with Crippen molar-refractivity contribution in [3.8, 4) is 0 Å². The third kappa shape index (κ3) is 5.58. The zero-order valence-corrected chi connectivity index (χ0v) is 18.1. The standard InChI is InChI=1S/C14H21N3O.2W/c1-6-17(7-2)13-10-8-12(9-11-13)16(5)14(18)15(3)4;;/h8-11H,1-2,6-7H2,3-5H3;;/q-2;;. The first-order chi connectivity index (χ1) is 8.51. The van der Waals surface area contributed by atoms with E-state index in [1.807, 2.05) is 24.3 Å².